The standard InChI is InChI=1S/C14H18ClF3N2/c1-8-3-4-12(9(2)5-8)20-13-11(15)6-10(7-19-13)14(16,17)18/h6-9,12H,3-5H2,1-2H3,(H,19,20). The van der Waals surface area contributed by atoms with Crippen LogP contribution in [-0.2, 0) is 6.18 Å². The lowest BCUT2D eigenvalue weighted by molar-refractivity contribution is -0.137. The molecule has 1 fully saturated rings. The summed E-state index contributed by atoms with van der Waals surface area (Å²) in [7, 11) is 0. The molecule has 1 aromatic rings. The molecule has 20 heavy (non-hydrogen) atoms. The van der Waals surface area contributed by atoms with Crippen molar-refractivity contribution in [2.75, 3.05) is 5.32 Å². The molecule has 0 aromatic carbocycles. The van der Waals surface area contributed by atoms with Gasteiger partial charge in [0.15, 0.2) is 0 Å². The van der Waals surface area contributed by atoms with Crippen LogP contribution in [0.5, 0.6) is 0 Å². The van der Waals surface area contributed by atoms with Crippen molar-refractivity contribution in [3.63, 3.8) is 0 Å². The maximum atomic E-state index is 12.5. The molecule has 0 bridgehead atoms. The van der Waals surface area contributed by atoms with Crippen LogP contribution >= 0.6 is 11.6 Å². The van der Waals surface area contributed by atoms with Crippen LogP contribution in [0.25, 0.3) is 0 Å². The highest BCUT2D eigenvalue weighted by atomic mass is 35.5. The number of rotatable bonds is 2. The fraction of sp³-hybridized carbons (Fsp3) is 0.643. The zero-order valence-electron chi connectivity index (χ0n) is 11.5. The van der Waals surface area contributed by atoms with E-state index in [1.165, 1.54) is 0 Å². The molecule has 0 saturated heterocycles. The number of nitrogens with zero attached hydrogens (tertiary/aromatic N) is 1. The molecular weight excluding hydrogens is 289 g/mol. The van der Waals surface area contributed by atoms with E-state index < -0.39 is 11.7 Å². The molecule has 1 saturated carbocycles. The highest BCUT2D eigenvalue weighted by Crippen LogP contribution is 2.35. The van der Waals surface area contributed by atoms with E-state index in [1.54, 1.807) is 0 Å². The number of hydrogen-bond acceptors (Lipinski definition) is 2. The Kier molecular flexibility index (Phi) is 4.47. The van der Waals surface area contributed by atoms with Gasteiger partial charge in [0.25, 0.3) is 0 Å². The van der Waals surface area contributed by atoms with Gasteiger partial charge in [0.1, 0.15) is 5.82 Å². The Balaban J connectivity index is 2.10. The van der Waals surface area contributed by atoms with Crippen molar-refractivity contribution in [3.05, 3.63) is 22.8 Å². The van der Waals surface area contributed by atoms with Gasteiger partial charge in [-0.05, 0) is 37.2 Å². The monoisotopic (exact) mass is 306 g/mol. The topological polar surface area (TPSA) is 24.9 Å². The van der Waals surface area contributed by atoms with Crippen molar-refractivity contribution in [1.29, 1.82) is 0 Å². The van der Waals surface area contributed by atoms with Gasteiger partial charge in [-0.25, -0.2) is 4.98 Å². The Morgan fingerprint density at radius 1 is 1.30 bits per heavy atom. The summed E-state index contributed by atoms with van der Waals surface area (Å²) in [6, 6.07) is 1.14. The van der Waals surface area contributed by atoms with Gasteiger partial charge >= 0.3 is 6.18 Å². The van der Waals surface area contributed by atoms with Gasteiger partial charge < -0.3 is 5.32 Å². The fourth-order valence-corrected chi connectivity index (χ4v) is 2.98. The van der Waals surface area contributed by atoms with Crippen LogP contribution in [0.1, 0.15) is 38.7 Å². The van der Waals surface area contributed by atoms with E-state index in [9.17, 15) is 13.2 Å². The van der Waals surface area contributed by atoms with E-state index in [1.807, 2.05) is 0 Å². The predicted molar refractivity (Wildman–Crippen MR) is 73.8 cm³/mol. The zero-order valence-corrected chi connectivity index (χ0v) is 12.2. The van der Waals surface area contributed by atoms with Crippen LogP contribution in [0.4, 0.5) is 19.0 Å². The number of nitrogens with one attached hydrogen (secondary N) is 1. The Labute approximate surface area is 121 Å². The lowest BCUT2D eigenvalue weighted by Gasteiger charge is -2.33. The minimum absolute atomic E-state index is 0.0191. The first-order valence-electron chi connectivity index (χ1n) is 6.76. The summed E-state index contributed by atoms with van der Waals surface area (Å²) in [5.41, 5.74) is -0.821. The Hall–Kier alpha value is -0.970. The summed E-state index contributed by atoms with van der Waals surface area (Å²) in [5, 5.41) is 3.21. The molecule has 0 radical (unpaired) electrons. The van der Waals surface area contributed by atoms with Gasteiger partial charge in [-0.15, -0.1) is 0 Å². The largest absolute Gasteiger partial charge is 0.417 e. The van der Waals surface area contributed by atoms with Crippen LogP contribution in [-0.4, -0.2) is 11.0 Å². The Bertz CT molecular complexity index is 476. The lowest BCUT2D eigenvalue weighted by Crippen LogP contribution is -2.33. The molecule has 2 rings (SSSR count). The zero-order chi connectivity index (χ0) is 14.9. The van der Waals surface area contributed by atoms with Crippen LogP contribution in [0, 0.1) is 11.8 Å². The molecule has 0 amide bonds. The van der Waals surface area contributed by atoms with Gasteiger partial charge in [0.2, 0.25) is 0 Å². The molecule has 0 aliphatic heterocycles. The normalized spacial score (nSPS) is 27.4. The van der Waals surface area contributed by atoms with Gasteiger partial charge in [-0.1, -0.05) is 25.4 Å². The quantitative estimate of drug-likeness (QED) is 0.832. The van der Waals surface area contributed by atoms with Gasteiger partial charge in [0, 0.05) is 12.2 Å². The summed E-state index contributed by atoms with van der Waals surface area (Å²) in [6.07, 6.45) is -0.384. The van der Waals surface area contributed by atoms with Crippen LogP contribution < -0.4 is 5.32 Å². The highest BCUT2D eigenvalue weighted by Gasteiger charge is 2.32. The van der Waals surface area contributed by atoms with E-state index in [0.29, 0.717) is 17.7 Å². The fourth-order valence-electron chi connectivity index (χ4n) is 2.75. The van der Waals surface area contributed by atoms with Crippen molar-refractivity contribution in [2.24, 2.45) is 11.8 Å². The third-order valence-corrected chi connectivity index (χ3v) is 4.21. The number of anilines is 1. The summed E-state index contributed by atoms with van der Waals surface area (Å²) in [6.45, 7) is 4.36. The maximum Gasteiger partial charge on any atom is 0.417 e. The van der Waals surface area contributed by atoms with Gasteiger partial charge in [-0.2, -0.15) is 13.2 Å². The molecule has 1 aromatic heterocycles. The number of hydrogen-bond donors (Lipinski definition) is 1. The van der Waals surface area contributed by atoms with Crippen LogP contribution in [0.15, 0.2) is 12.3 Å². The smallest absolute Gasteiger partial charge is 0.366 e. The molecule has 1 aliphatic rings. The van der Waals surface area contributed by atoms with Crippen molar-refractivity contribution >= 4 is 17.4 Å². The lowest BCUT2D eigenvalue weighted by atomic mass is 9.80. The first-order chi connectivity index (χ1) is 9.27. The molecule has 1 N–H and O–H groups in total. The molecule has 1 aliphatic carbocycles. The number of pyridine rings is 1. The molecule has 1 heterocycles. The summed E-state index contributed by atoms with van der Waals surface area (Å²) in [4.78, 5) is 3.83. The van der Waals surface area contributed by atoms with Crippen molar-refractivity contribution in [1.82, 2.24) is 4.98 Å². The Morgan fingerprint density at radius 2 is 2.00 bits per heavy atom. The molecule has 3 atom stereocenters. The van der Waals surface area contributed by atoms with Crippen LogP contribution in [0.2, 0.25) is 5.02 Å². The van der Waals surface area contributed by atoms with E-state index in [0.717, 1.165) is 31.5 Å². The molecular formula is C14H18ClF3N2. The molecule has 112 valence electrons. The second-order valence-corrected chi connectivity index (χ2v) is 6.11. The second kappa shape index (κ2) is 5.80. The van der Waals surface area contributed by atoms with E-state index in [4.69, 9.17) is 11.6 Å². The average molecular weight is 307 g/mol. The van der Waals surface area contributed by atoms with Crippen molar-refractivity contribution < 1.29 is 13.2 Å². The average Bonchev–Trinajstić information content (AvgIpc) is 2.33. The highest BCUT2D eigenvalue weighted by molar-refractivity contribution is 6.33. The molecule has 3 unspecified atom stereocenters. The van der Waals surface area contributed by atoms with Gasteiger partial charge in [0.05, 0.1) is 10.6 Å². The number of alkyl halides is 3. The summed E-state index contributed by atoms with van der Waals surface area (Å²) in [5.74, 6) is 1.49. The SMILES string of the molecule is CC1CCC(Nc2ncc(C(F)(F)F)cc2Cl)C(C)C1. The summed E-state index contributed by atoms with van der Waals surface area (Å²) < 4.78 is 37.6. The van der Waals surface area contributed by atoms with Crippen molar-refractivity contribution in [3.8, 4) is 0 Å². The minimum Gasteiger partial charge on any atom is -0.366 e. The van der Waals surface area contributed by atoms with E-state index in [2.05, 4.69) is 24.1 Å². The van der Waals surface area contributed by atoms with E-state index >= 15 is 0 Å². The third kappa shape index (κ3) is 3.57. The molecule has 6 heteroatoms. The minimum atomic E-state index is -4.41. The first kappa shape index (κ1) is 15.4. The maximum absolute atomic E-state index is 12.5. The Morgan fingerprint density at radius 3 is 2.55 bits per heavy atom. The number of halogens is 4. The van der Waals surface area contributed by atoms with Crippen molar-refractivity contribution in [2.45, 2.75) is 45.3 Å². The second-order valence-electron chi connectivity index (χ2n) is 5.70. The number of aromatic nitrogens is 1. The third-order valence-electron chi connectivity index (χ3n) is 3.92. The van der Waals surface area contributed by atoms with Gasteiger partial charge in [-0.3, -0.25) is 0 Å². The van der Waals surface area contributed by atoms with Crippen LogP contribution in [0.3, 0.4) is 0 Å². The summed E-state index contributed by atoms with van der Waals surface area (Å²) >= 11 is 5.91. The predicted octanol–water partition coefficient (Wildman–Crippen LogP) is 4.99. The first-order valence-corrected chi connectivity index (χ1v) is 7.14. The molecule has 0 spiro atoms. The molecule has 2 nitrogen and oxygen atoms in total. The van der Waals surface area contributed by atoms with E-state index in [-0.39, 0.29) is 11.1 Å².